The lowest BCUT2D eigenvalue weighted by atomic mass is 10.0. The van der Waals surface area contributed by atoms with E-state index in [9.17, 15) is 9.59 Å². The number of methoxy groups -OCH3 is 1. The molecule has 2 aliphatic heterocycles. The summed E-state index contributed by atoms with van der Waals surface area (Å²) in [7, 11) is 1.57. The molecule has 2 amide bonds. The highest BCUT2D eigenvalue weighted by Crippen LogP contribution is 2.63. The van der Waals surface area contributed by atoms with Gasteiger partial charge in [-0.2, -0.15) is 0 Å². The predicted molar refractivity (Wildman–Crippen MR) is 180 cm³/mol. The SMILES string of the molecule is COc1cc(C)c(S/C(S)=C/N=C(C)Nc2cc(N3CCC4(C3)C(C)C4C)nc(C)n2)cc1C(=O)N1CCN(C(C)=O)CC1. The highest BCUT2D eigenvalue weighted by atomic mass is 32.2. The van der Waals surface area contributed by atoms with Gasteiger partial charge in [0, 0.05) is 63.4 Å². The maximum Gasteiger partial charge on any atom is 0.257 e. The van der Waals surface area contributed by atoms with Crippen molar-refractivity contribution in [3.63, 3.8) is 0 Å². The van der Waals surface area contributed by atoms with E-state index in [1.54, 1.807) is 30.0 Å². The van der Waals surface area contributed by atoms with Crippen LogP contribution in [0.3, 0.4) is 0 Å². The van der Waals surface area contributed by atoms with E-state index >= 15 is 0 Å². The smallest absolute Gasteiger partial charge is 0.257 e. The van der Waals surface area contributed by atoms with Crippen molar-refractivity contribution in [3.05, 3.63) is 45.6 Å². The van der Waals surface area contributed by atoms with Crippen LogP contribution in [0.15, 0.2) is 38.5 Å². The number of anilines is 2. The number of ether oxygens (including phenoxy) is 1. The van der Waals surface area contributed by atoms with Gasteiger partial charge in [-0.1, -0.05) is 25.6 Å². The number of benzene rings is 1. The van der Waals surface area contributed by atoms with Crippen LogP contribution >= 0.6 is 24.4 Å². The monoisotopic (exact) mass is 637 g/mol. The number of amidine groups is 1. The number of hydrogen-bond acceptors (Lipinski definition) is 9. The van der Waals surface area contributed by atoms with Crippen LogP contribution in [0.5, 0.6) is 5.75 Å². The lowest BCUT2D eigenvalue weighted by molar-refractivity contribution is -0.130. The Morgan fingerprint density at radius 2 is 1.75 bits per heavy atom. The molecule has 0 radical (unpaired) electrons. The average molecular weight is 638 g/mol. The van der Waals surface area contributed by atoms with E-state index in [-0.39, 0.29) is 11.8 Å². The normalized spacial score (nSPS) is 23.8. The van der Waals surface area contributed by atoms with Crippen molar-refractivity contribution in [3.8, 4) is 5.75 Å². The standard InChI is InChI=1S/C32H43N7O3S2/c1-19-14-26(42-7)25(31(41)38-12-10-37(11-13-38)24(6)40)15-27(19)44-30(43)17-33-22(4)34-28-16-29(36-23(5)35-28)39-9-8-32(18-39)20(2)21(32)3/h14-17,20-21,43H,8-13,18H2,1-7H3,(H,33,34,35,36)/b30-17+. The molecule has 12 heteroatoms. The van der Waals surface area contributed by atoms with E-state index < -0.39 is 0 Å². The van der Waals surface area contributed by atoms with E-state index in [4.69, 9.17) is 9.72 Å². The molecule has 1 aliphatic carbocycles. The Morgan fingerprint density at radius 3 is 2.36 bits per heavy atom. The number of amides is 2. The Bertz CT molecular complexity index is 1490. The summed E-state index contributed by atoms with van der Waals surface area (Å²) < 4.78 is 6.24. The van der Waals surface area contributed by atoms with Crippen molar-refractivity contribution in [1.82, 2.24) is 19.8 Å². The first-order valence-electron chi connectivity index (χ1n) is 15.1. The third-order valence-corrected chi connectivity index (χ3v) is 10.9. The quantitative estimate of drug-likeness (QED) is 0.184. The van der Waals surface area contributed by atoms with Crippen LogP contribution in [-0.4, -0.2) is 83.8 Å². The van der Waals surface area contributed by atoms with Gasteiger partial charge < -0.3 is 24.8 Å². The minimum absolute atomic E-state index is 0.0274. The second-order valence-electron chi connectivity index (χ2n) is 12.2. The number of aryl methyl sites for hydroxylation is 2. The molecule has 2 atom stereocenters. The van der Waals surface area contributed by atoms with Crippen LogP contribution < -0.4 is 15.0 Å². The number of carbonyl (C=O) groups is 2. The summed E-state index contributed by atoms with van der Waals surface area (Å²) in [6.45, 7) is 16.2. The van der Waals surface area contributed by atoms with Crippen molar-refractivity contribution in [2.75, 3.05) is 56.6 Å². The van der Waals surface area contributed by atoms with Gasteiger partial charge in [-0.05, 0) is 62.1 Å². The first-order valence-corrected chi connectivity index (χ1v) is 16.4. The second-order valence-corrected chi connectivity index (χ2v) is 14.0. The number of thiol groups is 1. The molecule has 1 aromatic heterocycles. The van der Waals surface area contributed by atoms with Gasteiger partial charge in [0.1, 0.15) is 29.0 Å². The fourth-order valence-electron chi connectivity index (χ4n) is 6.53. The number of rotatable bonds is 7. The molecule has 1 saturated carbocycles. The van der Waals surface area contributed by atoms with Gasteiger partial charge in [0.2, 0.25) is 5.91 Å². The molecule has 2 saturated heterocycles. The Labute approximate surface area is 270 Å². The Balaban J connectivity index is 1.25. The van der Waals surface area contributed by atoms with Gasteiger partial charge in [0.05, 0.1) is 16.9 Å². The first kappa shape index (κ1) is 32.2. The van der Waals surface area contributed by atoms with Gasteiger partial charge in [0.15, 0.2) is 0 Å². The molecule has 3 aliphatic rings. The fourth-order valence-corrected chi connectivity index (χ4v) is 7.61. The van der Waals surface area contributed by atoms with Crippen molar-refractivity contribution < 1.29 is 14.3 Å². The number of thioether (sulfide) groups is 1. The van der Waals surface area contributed by atoms with E-state index in [1.165, 1.54) is 18.2 Å². The summed E-state index contributed by atoms with van der Waals surface area (Å²) >= 11 is 6.10. The van der Waals surface area contributed by atoms with Crippen LogP contribution in [0.4, 0.5) is 11.6 Å². The van der Waals surface area contributed by atoms with Crippen molar-refractivity contribution in [2.45, 2.75) is 52.9 Å². The van der Waals surface area contributed by atoms with Crippen LogP contribution in [0, 0.1) is 31.1 Å². The third-order valence-electron chi connectivity index (χ3n) is 9.57. The zero-order valence-corrected chi connectivity index (χ0v) is 28.4. The molecule has 44 heavy (non-hydrogen) atoms. The second kappa shape index (κ2) is 13.0. The molecule has 10 nitrogen and oxygen atoms in total. The van der Waals surface area contributed by atoms with E-state index in [2.05, 4.69) is 46.7 Å². The zero-order chi connectivity index (χ0) is 31.8. The van der Waals surface area contributed by atoms with Crippen LogP contribution in [-0.2, 0) is 4.79 Å². The largest absolute Gasteiger partial charge is 0.496 e. The maximum absolute atomic E-state index is 13.4. The fraction of sp³-hybridized carbons (Fsp3) is 0.531. The van der Waals surface area contributed by atoms with Gasteiger partial charge >= 0.3 is 0 Å². The molecule has 3 heterocycles. The topological polar surface area (TPSA) is 103 Å². The maximum atomic E-state index is 13.4. The molecule has 3 fully saturated rings. The van der Waals surface area contributed by atoms with Crippen LogP contribution in [0.2, 0.25) is 0 Å². The zero-order valence-electron chi connectivity index (χ0n) is 26.7. The molecule has 1 N–H and O–H groups in total. The van der Waals surface area contributed by atoms with Crippen LogP contribution in [0.1, 0.15) is 55.9 Å². The van der Waals surface area contributed by atoms with Crippen LogP contribution in [0.25, 0.3) is 0 Å². The highest BCUT2D eigenvalue weighted by molar-refractivity contribution is 8.15. The van der Waals surface area contributed by atoms with Gasteiger partial charge in [-0.3, -0.25) is 9.59 Å². The Morgan fingerprint density at radius 1 is 1.07 bits per heavy atom. The summed E-state index contributed by atoms with van der Waals surface area (Å²) in [5.41, 5.74) is 1.90. The summed E-state index contributed by atoms with van der Waals surface area (Å²) in [6.07, 6.45) is 2.91. The summed E-state index contributed by atoms with van der Waals surface area (Å²) in [6, 6.07) is 5.73. The molecule has 2 aromatic rings. The number of aliphatic imine (C=N–C) groups is 1. The van der Waals surface area contributed by atoms with Crippen molar-refractivity contribution >= 4 is 53.7 Å². The number of piperazine rings is 1. The molecular formula is C32H43N7O3S2. The first-order chi connectivity index (χ1) is 20.9. The highest BCUT2D eigenvalue weighted by Gasteiger charge is 2.61. The minimum Gasteiger partial charge on any atom is -0.496 e. The van der Waals surface area contributed by atoms with Gasteiger partial charge in [0.25, 0.3) is 5.91 Å². The Kier molecular flexibility index (Phi) is 9.50. The summed E-state index contributed by atoms with van der Waals surface area (Å²) in [4.78, 5) is 45.8. The molecule has 2 unspecified atom stereocenters. The summed E-state index contributed by atoms with van der Waals surface area (Å²) in [5.74, 6) is 5.05. The lowest BCUT2D eigenvalue weighted by Gasteiger charge is -2.34. The average Bonchev–Trinajstić information content (AvgIpc) is 3.30. The number of nitrogens with one attached hydrogen (secondary N) is 1. The van der Waals surface area contributed by atoms with Crippen molar-refractivity contribution in [2.24, 2.45) is 22.2 Å². The summed E-state index contributed by atoms with van der Waals surface area (Å²) in [5, 5.41) is 3.31. The Hall–Kier alpha value is -3.25. The molecule has 5 rings (SSSR count). The minimum atomic E-state index is -0.112. The lowest BCUT2D eigenvalue weighted by Crippen LogP contribution is -2.50. The van der Waals surface area contributed by atoms with Gasteiger partial charge in [-0.15, -0.1) is 12.6 Å². The van der Waals surface area contributed by atoms with E-state index in [0.717, 1.165) is 47.0 Å². The van der Waals surface area contributed by atoms with E-state index in [0.29, 0.717) is 58.8 Å². The molecule has 1 aromatic carbocycles. The molecular weight excluding hydrogens is 595 g/mol. The molecule has 1 spiro atoms. The molecule has 236 valence electrons. The van der Waals surface area contributed by atoms with E-state index in [1.807, 2.05) is 39.0 Å². The van der Waals surface area contributed by atoms with Gasteiger partial charge in [-0.25, -0.2) is 15.0 Å². The number of nitrogens with zero attached hydrogens (tertiary/aromatic N) is 6. The number of carbonyl (C=O) groups excluding carboxylic acids is 2. The third kappa shape index (κ3) is 6.71. The number of hydrogen-bond donors (Lipinski definition) is 2. The predicted octanol–water partition coefficient (Wildman–Crippen LogP) is 5.24. The molecule has 0 bridgehead atoms. The number of aromatic nitrogens is 2. The van der Waals surface area contributed by atoms with Crippen molar-refractivity contribution in [1.29, 1.82) is 0 Å².